The summed E-state index contributed by atoms with van der Waals surface area (Å²) in [5, 5.41) is 2.73. The minimum atomic E-state index is -0.395. The van der Waals surface area contributed by atoms with Gasteiger partial charge in [-0.15, -0.1) is 11.3 Å². The number of nitrogens with one attached hydrogen (secondary N) is 1. The second-order valence-corrected chi connectivity index (χ2v) is 5.23. The Morgan fingerprint density at radius 3 is 2.79 bits per heavy atom. The number of aryl methyl sites for hydroxylation is 1. The van der Waals surface area contributed by atoms with Crippen LogP contribution in [0.5, 0.6) is 5.75 Å². The molecule has 0 saturated heterocycles. The van der Waals surface area contributed by atoms with Crippen molar-refractivity contribution in [2.75, 3.05) is 11.9 Å². The van der Waals surface area contributed by atoms with Crippen LogP contribution in [0.1, 0.15) is 21.5 Å². The van der Waals surface area contributed by atoms with E-state index in [1.54, 1.807) is 13.0 Å². The molecule has 3 nitrogen and oxygen atoms in total. The SMILES string of the molecule is CCOc1cc(F)ccc1NC(=O)c1ccc(C)s1. The summed E-state index contributed by atoms with van der Waals surface area (Å²) in [6.45, 7) is 4.15. The maximum Gasteiger partial charge on any atom is 0.265 e. The molecule has 0 atom stereocenters. The van der Waals surface area contributed by atoms with Gasteiger partial charge in [0.15, 0.2) is 0 Å². The summed E-state index contributed by atoms with van der Waals surface area (Å²) >= 11 is 1.41. The number of hydrogen-bond donors (Lipinski definition) is 1. The molecule has 2 rings (SSSR count). The molecule has 0 saturated carbocycles. The van der Waals surface area contributed by atoms with Gasteiger partial charge in [0.25, 0.3) is 5.91 Å². The molecule has 0 unspecified atom stereocenters. The Morgan fingerprint density at radius 1 is 1.37 bits per heavy atom. The third-order valence-corrected chi connectivity index (χ3v) is 3.46. The molecule has 0 aliphatic carbocycles. The zero-order valence-electron chi connectivity index (χ0n) is 10.7. The number of ether oxygens (including phenoxy) is 1. The van der Waals surface area contributed by atoms with Gasteiger partial charge in [0.1, 0.15) is 11.6 Å². The first kappa shape index (κ1) is 13.5. The van der Waals surface area contributed by atoms with Gasteiger partial charge in [-0.2, -0.15) is 0 Å². The number of amides is 1. The highest BCUT2D eigenvalue weighted by atomic mass is 32.1. The predicted molar refractivity (Wildman–Crippen MR) is 74.6 cm³/mol. The van der Waals surface area contributed by atoms with E-state index >= 15 is 0 Å². The fourth-order valence-electron chi connectivity index (χ4n) is 1.61. The van der Waals surface area contributed by atoms with E-state index in [0.717, 1.165) is 4.88 Å². The van der Waals surface area contributed by atoms with Gasteiger partial charge < -0.3 is 10.1 Å². The minimum Gasteiger partial charge on any atom is -0.492 e. The topological polar surface area (TPSA) is 38.3 Å². The lowest BCUT2D eigenvalue weighted by molar-refractivity contribution is 0.103. The van der Waals surface area contributed by atoms with Gasteiger partial charge in [0, 0.05) is 10.9 Å². The van der Waals surface area contributed by atoms with E-state index in [4.69, 9.17) is 4.74 Å². The molecular weight excluding hydrogens is 265 g/mol. The van der Waals surface area contributed by atoms with E-state index in [1.807, 2.05) is 13.0 Å². The molecule has 5 heteroatoms. The monoisotopic (exact) mass is 279 g/mol. The summed E-state index contributed by atoms with van der Waals surface area (Å²) in [5.41, 5.74) is 0.472. The van der Waals surface area contributed by atoms with Gasteiger partial charge >= 0.3 is 0 Å². The Hall–Kier alpha value is -1.88. The zero-order chi connectivity index (χ0) is 13.8. The Balaban J connectivity index is 2.20. The van der Waals surface area contributed by atoms with Crippen LogP contribution in [0.25, 0.3) is 0 Å². The standard InChI is InChI=1S/C14H14FNO2S/c1-3-18-12-8-10(15)5-6-11(12)16-14(17)13-7-4-9(2)19-13/h4-8H,3H2,1-2H3,(H,16,17). The molecular formula is C14H14FNO2S. The maximum absolute atomic E-state index is 13.1. The lowest BCUT2D eigenvalue weighted by Crippen LogP contribution is -2.11. The van der Waals surface area contributed by atoms with Gasteiger partial charge in [0.2, 0.25) is 0 Å². The smallest absolute Gasteiger partial charge is 0.265 e. The van der Waals surface area contributed by atoms with Crippen molar-refractivity contribution in [1.82, 2.24) is 0 Å². The Bertz CT molecular complexity index is 595. The van der Waals surface area contributed by atoms with Crippen LogP contribution in [-0.2, 0) is 0 Å². The van der Waals surface area contributed by atoms with E-state index in [-0.39, 0.29) is 5.91 Å². The zero-order valence-corrected chi connectivity index (χ0v) is 11.5. The highest BCUT2D eigenvalue weighted by Crippen LogP contribution is 2.26. The molecule has 2 aromatic rings. The van der Waals surface area contributed by atoms with Crippen molar-refractivity contribution in [3.05, 3.63) is 45.9 Å². The number of carbonyl (C=O) groups excluding carboxylic acids is 1. The van der Waals surface area contributed by atoms with E-state index in [2.05, 4.69) is 5.32 Å². The fourth-order valence-corrected chi connectivity index (χ4v) is 2.38. The highest BCUT2D eigenvalue weighted by molar-refractivity contribution is 7.14. The first-order valence-corrected chi connectivity index (χ1v) is 6.72. The number of benzene rings is 1. The van der Waals surface area contributed by atoms with Crippen molar-refractivity contribution in [2.45, 2.75) is 13.8 Å². The van der Waals surface area contributed by atoms with Crippen molar-refractivity contribution in [2.24, 2.45) is 0 Å². The average Bonchev–Trinajstić information content (AvgIpc) is 2.80. The Kier molecular flexibility index (Phi) is 4.16. The van der Waals surface area contributed by atoms with Crippen molar-refractivity contribution in [1.29, 1.82) is 0 Å². The number of thiophene rings is 1. The summed E-state index contributed by atoms with van der Waals surface area (Å²) < 4.78 is 18.5. The molecule has 1 N–H and O–H groups in total. The van der Waals surface area contributed by atoms with Gasteiger partial charge in [-0.1, -0.05) is 0 Å². The summed E-state index contributed by atoms with van der Waals surface area (Å²) in [6.07, 6.45) is 0. The molecule has 0 aliphatic rings. The van der Waals surface area contributed by atoms with Crippen molar-refractivity contribution < 1.29 is 13.9 Å². The molecule has 1 amide bonds. The van der Waals surface area contributed by atoms with Gasteiger partial charge in [-0.05, 0) is 38.1 Å². The van der Waals surface area contributed by atoms with Crippen LogP contribution >= 0.6 is 11.3 Å². The average molecular weight is 279 g/mol. The van der Waals surface area contributed by atoms with E-state index in [1.165, 1.54) is 29.5 Å². The van der Waals surface area contributed by atoms with E-state index in [9.17, 15) is 9.18 Å². The molecule has 100 valence electrons. The molecule has 1 heterocycles. The van der Waals surface area contributed by atoms with Crippen LogP contribution in [0.4, 0.5) is 10.1 Å². The van der Waals surface area contributed by atoms with Crippen molar-refractivity contribution in [3.63, 3.8) is 0 Å². The third kappa shape index (κ3) is 3.32. The first-order chi connectivity index (χ1) is 9.10. The van der Waals surface area contributed by atoms with Crippen LogP contribution in [0.15, 0.2) is 30.3 Å². The summed E-state index contributed by atoms with van der Waals surface area (Å²) in [4.78, 5) is 13.7. The van der Waals surface area contributed by atoms with Gasteiger partial charge in [0.05, 0.1) is 17.2 Å². The summed E-state index contributed by atoms with van der Waals surface area (Å²) in [6, 6.07) is 7.70. The molecule has 0 spiro atoms. The first-order valence-electron chi connectivity index (χ1n) is 5.90. The van der Waals surface area contributed by atoms with Gasteiger partial charge in [-0.3, -0.25) is 4.79 Å². The van der Waals surface area contributed by atoms with Crippen LogP contribution in [-0.4, -0.2) is 12.5 Å². The molecule has 1 aromatic carbocycles. The summed E-state index contributed by atoms with van der Waals surface area (Å²) in [7, 11) is 0. The molecule has 0 fully saturated rings. The second-order valence-electron chi connectivity index (χ2n) is 3.94. The lowest BCUT2D eigenvalue weighted by atomic mass is 10.2. The van der Waals surface area contributed by atoms with Crippen molar-refractivity contribution >= 4 is 22.9 Å². The highest BCUT2D eigenvalue weighted by Gasteiger charge is 2.12. The quantitative estimate of drug-likeness (QED) is 0.923. The summed E-state index contributed by atoms with van der Waals surface area (Å²) in [5.74, 6) is -0.275. The normalized spacial score (nSPS) is 10.3. The lowest BCUT2D eigenvalue weighted by Gasteiger charge is -2.10. The number of hydrogen-bond acceptors (Lipinski definition) is 3. The molecule has 0 bridgehead atoms. The number of carbonyl (C=O) groups is 1. The van der Waals surface area contributed by atoms with Crippen molar-refractivity contribution in [3.8, 4) is 5.75 Å². The molecule has 0 radical (unpaired) electrons. The number of rotatable bonds is 4. The van der Waals surface area contributed by atoms with E-state index < -0.39 is 5.82 Å². The van der Waals surface area contributed by atoms with Crippen LogP contribution in [0, 0.1) is 12.7 Å². The third-order valence-electron chi connectivity index (χ3n) is 2.46. The molecule has 19 heavy (non-hydrogen) atoms. The van der Waals surface area contributed by atoms with Crippen LogP contribution < -0.4 is 10.1 Å². The molecule has 1 aromatic heterocycles. The Morgan fingerprint density at radius 2 is 2.16 bits per heavy atom. The van der Waals surface area contributed by atoms with Crippen LogP contribution in [0.3, 0.4) is 0 Å². The predicted octanol–water partition coefficient (Wildman–Crippen LogP) is 3.85. The van der Waals surface area contributed by atoms with E-state index in [0.29, 0.717) is 22.9 Å². The van der Waals surface area contributed by atoms with Crippen LogP contribution in [0.2, 0.25) is 0 Å². The number of anilines is 1. The minimum absolute atomic E-state index is 0.217. The second kappa shape index (κ2) is 5.84. The van der Waals surface area contributed by atoms with Gasteiger partial charge in [-0.25, -0.2) is 4.39 Å². The molecule has 0 aliphatic heterocycles. The fraction of sp³-hybridized carbons (Fsp3) is 0.214. The maximum atomic E-state index is 13.1. The largest absolute Gasteiger partial charge is 0.492 e. The Labute approximate surface area is 115 Å². The number of halogens is 1.